The van der Waals surface area contributed by atoms with Gasteiger partial charge in [-0.3, -0.25) is 0 Å². The largest absolute Gasteiger partial charge is 0.372 e. The highest BCUT2D eigenvalue weighted by Gasteiger charge is 2.23. The monoisotopic (exact) mass is 264 g/mol. The minimum atomic E-state index is -0.162. The third-order valence-corrected chi connectivity index (χ3v) is 4.16. The molecular formula is C16H25FN2. The van der Waals surface area contributed by atoms with Gasteiger partial charge in [-0.2, -0.15) is 0 Å². The lowest BCUT2D eigenvalue weighted by Crippen LogP contribution is -2.41. The van der Waals surface area contributed by atoms with Crippen molar-refractivity contribution in [1.29, 1.82) is 0 Å². The van der Waals surface area contributed by atoms with Crippen LogP contribution in [0.5, 0.6) is 0 Å². The molecular weight excluding hydrogens is 239 g/mol. The molecule has 0 aliphatic heterocycles. The van der Waals surface area contributed by atoms with E-state index in [9.17, 15) is 4.39 Å². The molecule has 0 atom stereocenters. The topological polar surface area (TPSA) is 15.3 Å². The van der Waals surface area contributed by atoms with E-state index in [1.807, 2.05) is 12.1 Å². The predicted octanol–water partition coefficient (Wildman–Crippen LogP) is 3.57. The molecule has 1 aromatic rings. The summed E-state index contributed by atoms with van der Waals surface area (Å²) in [6.45, 7) is 3.34. The molecule has 2 rings (SSSR count). The summed E-state index contributed by atoms with van der Waals surface area (Å²) in [7, 11) is 2.12. The Morgan fingerprint density at radius 3 is 2.37 bits per heavy atom. The zero-order valence-electron chi connectivity index (χ0n) is 12.0. The number of hydrogen-bond acceptors (Lipinski definition) is 2. The normalized spacial score (nSPS) is 23.3. The summed E-state index contributed by atoms with van der Waals surface area (Å²) >= 11 is 0. The number of anilines is 1. The van der Waals surface area contributed by atoms with Gasteiger partial charge in [0.05, 0.1) is 0 Å². The van der Waals surface area contributed by atoms with Gasteiger partial charge in [-0.25, -0.2) is 4.39 Å². The molecule has 1 aliphatic rings. The Bertz CT molecular complexity index is 369. The molecule has 0 spiro atoms. The molecule has 2 nitrogen and oxygen atoms in total. The summed E-state index contributed by atoms with van der Waals surface area (Å²) in [5.41, 5.74) is 1.12. The molecule has 0 aromatic heterocycles. The second-order valence-corrected chi connectivity index (χ2v) is 5.55. The van der Waals surface area contributed by atoms with Gasteiger partial charge in [0.1, 0.15) is 5.82 Å². The van der Waals surface area contributed by atoms with Crippen molar-refractivity contribution < 1.29 is 4.39 Å². The van der Waals surface area contributed by atoms with Crippen molar-refractivity contribution in [3.8, 4) is 0 Å². The fraction of sp³-hybridized carbons (Fsp3) is 0.625. The summed E-state index contributed by atoms with van der Waals surface area (Å²) in [6, 6.07) is 8.11. The Hall–Kier alpha value is -1.09. The second-order valence-electron chi connectivity index (χ2n) is 5.55. The molecule has 0 radical (unpaired) electrons. The molecule has 0 heterocycles. The minimum absolute atomic E-state index is 0.162. The first kappa shape index (κ1) is 14.3. The van der Waals surface area contributed by atoms with Gasteiger partial charge in [-0.05, 0) is 62.9 Å². The van der Waals surface area contributed by atoms with Crippen molar-refractivity contribution in [2.45, 2.75) is 51.1 Å². The lowest BCUT2D eigenvalue weighted by atomic mass is 9.90. The van der Waals surface area contributed by atoms with Crippen LogP contribution in [0.1, 0.15) is 39.0 Å². The van der Waals surface area contributed by atoms with Crippen LogP contribution in [0.4, 0.5) is 10.1 Å². The van der Waals surface area contributed by atoms with Gasteiger partial charge in [-0.1, -0.05) is 6.92 Å². The first-order chi connectivity index (χ1) is 9.20. The molecule has 1 aromatic carbocycles. The van der Waals surface area contributed by atoms with Crippen LogP contribution < -0.4 is 10.2 Å². The fourth-order valence-electron chi connectivity index (χ4n) is 2.90. The summed E-state index contributed by atoms with van der Waals surface area (Å²) in [5, 5.41) is 3.61. The molecule has 1 aliphatic carbocycles. The average Bonchev–Trinajstić information content (AvgIpc) is 2.46. The van der Waals surface area contributed by atoms with Gasteiger partial charge in [0.25, 0.3) is 0 Å². The van der Waals surface area contributed by atoms with E-state index in [-0.39, 0.29) is 5.82 Å². The average molecular weight is 264 g/mol. The maximum absolute atomic E-state index is 12.9. The third kappa shape index (κ3) is 3.93. The molecule has 1 saturated carbocycles. The standard InChI is InChI=1S/C16H25FN2/c1-3-12-18-14-6-10-16(11-7-14)19(2)15-8-4-13(17)5-9-15/h4-5,8-9,14,16,18H,3,6-7,10-12H2,1-2H3. The van der Waals surface area contributed by atoms with Gasteiger partial charge >= 0.3 is 0 Å². The zero-order valence-corrected chi connectivity index (χ0v) is 12.0. The molecule has 0 bridgehead atoms. The molecule has 3 heteroatoms. The van der Waals surface area contributed by atoms with Crippen molar-refractivity contribution in [3.05, 3.63) is 30.1 Å². The van der Waals surface area contributed by atoms with Crippen LogP contribution in [-0.2, 0) is 0 Å². The maximum atomic E-state index is 12.9. The van der Waals surface area contributed by atoms with E-state index in [4.69, 9.17) is 0 Å². The molecule has 19 heavy (non-hydrogen) atoms. The van der Waals surface area contributed by atoms with Crippen LogP contribution in [0, 0.1) is 5.82 Å². The summed E-state index contributed by atoms with van der Waals surface area (Å²) < 4.78 is 12.9. The minimum Gasteiger partial charge on any atom is -0.372 e. The van der Waals surface area contributed by atoms with E-state index in [0.717, 1.165) is 12.2 Å². The lowest BCUT2D eigenvalue weighted by Gasteiger charge is -2.36. The summed E-state index contributed by atoms with van der Waals surface area (Å²) in [5.74, 6) is -0.162. The summed E-state index contributed by atoms with van der Waals surface area (Å²) in [6.07, 6.45) is 6.13. The fourth-order valence-corrected chi connectivity index (χ4v) is 2.90. The molecule has 1 fully saturated rings. The quantitative estimate of drug-likeness (QED) is 0.874. The molecule has 0 unspecified atom stereocenters. The Morgan fingerprint density at radius 1 is 1.16 bits per heavy atom. The van der Waals surface area contributed by atoms with Crippen LogP contribution in [0.2, 0.25) is 0 Å². The number of rotatable bonds is 5. The number of hydrogen-bond donors (Lipinski definition) is 1. The smallest absolute Gasteiger partial charge is 0.123 e. The number of nitrogens with one attached hydrogen (secondary N) is 1. The van der Waals surface area contributed by atoms with E-state index in [0.29, 0.717) is 12.1 Å². The molecule has 0 amide bonds. The predicted molar refractivity (Wildman–Crippen MR) is 79.1 cm³/mol. The van der Waals surface area contributed by atoms with E-state index < -0.39 is 0 Å². The molecule has 1 N–H and O–H groups in total. The number of halogens is 1. The van der Waals surface area contributed by atoms with E-state index in [2.05, 4.69) is 24.2 Å². The summed E-state index contributed by atoms with van der Waals surface area (Å²) in [4.78, 5) is 2.30. The maximum Gasteiger partial charge on any atom is 0.123 e. The Labute approximate surface area is 116 Å². The van der Waals surface area contributed by atoms with Crippen molar-refractivity contribution in [2.24, 2.45) is 0 Å². The third-order valence-electron chi connectivity index (χ3n) is 4.16. The van der Waals surface area contributed by atoms with Crippen molar-refractivity contribution in [3.63, 3.8) is 0 Å². The Morgan fingerprint density at radius 2 is 1.79 bits per heavy atom. The van der Waals surface area contributed by atoms with Crippen molar-refractivity contribution >= 4 is 5.69 Å². The lowest BCUT2D eigenvalue weighted by molar-refractivity contribution is 0.337. The van der Waals surface area contributed by atoms with Crippen LogP contribution in [-0.4, -0.2) is 25.7 Å². The Balaban J connectivity index is 1.85. The van der Waals surface area contributed by atoms with Gasteiger partial charge in [-0.15, -0.1) is 0 Å². The first-order valence-corrected chi connectivity index (χ1v) is 7.42. The Kier molecular flexibility index (Phi) is 5.20. The molecule has 106 valence electrons. The molecule has 0 saturated heterocycles. The van der Waals surface area contributed by atoms with Gasteiger partial charge in [0.15, 0.2) is 0 Å². The van der Waals surface area contributed by atoms with Gasteiger partial charge in [0, 0.05) is 24.8 Å². The van der Waals surface area contributed by atoms with Crippen molar-refractivity contribution in [1.82, 2.24) is 5.32 Å². The van der Waals surface area contributed by atoms with Crippen LogP contribution in [0.3, 0.4) is 0 Å². The number of nitrogens with zero attached hydrogens (tertiary/aromatic N) is 1. The van der Waals surface area contributed by atoms with Gasteiger partial charge < -0.3 is 10.2 Å². The van der Waals surface area contributed by atoms with E-state index in [1.54, 1.807) is 12.1 Å². The highest BCUT2D eigenvalue weighted by Crippen LogP contribution is 2.26. The highest BCUT2D eigenvalue weighted by atomic mass is 19.1. The first-order valence-electron chi connectivity index (χ1n) is 7.42. The zero-order chi connectivity index (χ0) is 13.7. The van der Waals surface area contributed by atoms with Crippen LogP contribution in [0.15, 0.2) is 24.3 Å². The van der Waals surface area contributed by atoms with Crippen molar-refractivity contribution in [2.75, 3.05) is 18.5 Å². The van der Waals surface area contributed by atoms with Gasteiger partial charge in [0.2, 0.25) is 0 Å². The van der Waals surface area contributed by atoms with E-state index in [1.165, 1.54) is 32.1 Å². The number of benzene rings is 1. The van der Waals surface area contributed by atoms with Crippen LogP contribution in [0.25, 0.3) is 0 Å². The highest BCUT2D eigenvalue weighted by molar-refractivity contribution is 5.46. The van der Waals surface area contributed by atoms with Crippen LogP contribution >= 0.6 is 0 Å². The SMILES string of the molecule is CCCNC1CCC(N(C)c2ccc(F)cc2)CC1. The second kappa shape index (κ2) is 6.90. The van der Waals surface area contributed by atoms with E-state index >= 15 is 0 Å².